The largest absolute Gasteiger partial charge is 0.497 e. The number of aryl methyl sites for hydroxylation is 2. The van der Waals surface area contributed by atoms with Gasteiger partial charge in [0.15, 0.2) is 0 Å². The van der Waals surface area contributed by atoms with E-state index >= 15 is 0 Å². The van der Waals surface area contributed by atoms with Crippen molar-refractivity contribution in [3.8, 4) is 17.6 Å². The van der Waals surface area contributed by atoms with Gasteiger partial charge in [-0.15, -0.1) is 0 Å². The maximum Gasteiger partial charge on any atom is 0.142 e. The first-order valence-electron chi connectivity index (χ1n) is 6.49. The summed E-state index contributed by atoms with van der Waals surface area (Å²) in [6.45, 7) is 2.35. The summed E-state index contributed by atoms with van der Waals surface area (Å²) in [6, 6.07) is 7.81. The van der Waals surface area contributed by atoms with Crippen LogP contribution in [0.15, 0.2) is 18.2 Å². The number of nitriles is 1. The summed E-state index contributed by atoms with van der Waals surface area (Å²) >= 11 is 0. The third-order valence-corrected chi connectivity index (χ3v) is 3.27. The average Bonchev–Trinajstić information content (AvgIpc) is 2.77. The molecule has 1 aromatic carbocycles. The molecule has 0 saturated carbocycles. The number of nitrogens with one attached hydrogen (secondary N) is 1. The van der Waals surface area contributed by atoms with Crippen LogP contribution in [-0.2, 0) is 13.6 Å². The topological polar surface area (TPSA) is 72.1 Å². The van der Waals surface area contributed by atoms with E-state index in [0.29, 0.717) is 23.6 Å². The van der Waals surface area contributed by atoms with Crippen molar-refractivity contribution in [2.45, 2.75) is 13.5 Å². The third-order valence-electron chi connectivity index (χ3n) is 3.27. The van der Waals surface area contributed by atoms with Gasteiger partial charge in [0.1, 0.15) is 28.9 Å². The number of aromatic nitrogens is 2. The van der Waals surface area contributed by atoms with Crippen molar-refractivity contribution in [3.63, 3.8) is 0 Å². The Balaban J connectivity index is 2.23. The number of rotatable bonds is 5. The van der Waals surface area contributed by atoms with Gasteiger partial charge < -0.3 is 14.8 Å². The highest BCUT2D eigenvalue weighted by atomic mass is 16.5. The highest BCUT2D eigenvalue weighted by molar-refractivity contribution is 5.55. The van der Waals surface area contributed by atoms with E-state index < -0.39 is 0 Å². The van der Waals surface area contributed by atoms with Crippen molar-refractivity contribution in [2.24, 2.45) is 7.05 Å². The van der Waals surface area contributed by atoms with E-state index in [1.54, 1.807) is 25.9 Å². The van der Waals surface area contributed by atoms with Gasteiger partial charge in [0, 0.05) is 25.2 Å². The standard InChI is InChI=1S/C15H18N4O2/c1-10-13(8-16)15(19(2)18-10)17-9-11-5-6-12(20-3)7-14(11)21-4/h5-7,17H,9H2,1-4H3. The highest BCUT2D eigenvalue weighted by Gasteiger charge is 2.13. The van der Waals surface area contributed by atoms with Crippen LogP contribution < -0.4 is 14.8 Å². The van der Waals surface area contributed by atoms with Crippen LogP contribution in [0.5, 0.6) is 11.5 Å². The SMILES string of the molecule is COc1ccc(CNc2c(C#N)c(C)nn2C)c(OC)c1. The van der Waals surface area contributed by atoms with Crippen LogP contribution in [0.25, 0.3) is 0 Å². The average molecular weight is 286 g/mol. The molecule has 6 nitrogen and oxygen atoms in total. The van der Waals surface area contributed by atoms with Crippen LogP contribution >= 0.6 is 0 Å². The van der Waals surface area contributed by atoms with Crippen molar-refractivity contribution in [1.29, 1.82) is 5.26 Å². The van der Waals surface area contributed by atoms with E-state index in [1.165, 1.54) is 0 Å². The lowest BCUT2D eigenvalue weighted by Gasteiger charge is -2.12. The Hall–Kier alpha value is -2.68. The Kier molecular flexibility index (Phi) is 4.33. The molecule has 0 aliphatic heterocycles. The molecule has 0 fully saturated rings. The van der Waals surface area contributed by atoms with Crippen molar-refractivity contribution in [3.05, 3.63) is 35.0 Å². The molecule has 2 rings (SSSR count). The van der Waals surface area contributed by atoms with Crippen molar-refractivity contribution in [2.75, 3.05) is 19.5 Å². The molecule has 1 heterocycles. The van der Waals surface area contributed by atoms with Crippen molar-refractivity contribution >= 4 is 5.82 Å². The molecule has 110 valence electrons. The predicted molar refractivity (Wildman–Crippen MR) is 79.5 cm³/mol. The molecule has 1 N–H and O–H groups in total. The van der Waals surface area contributed by atoms with Crippen LogP contribution in [0.3, 0.4) is 0 Å². The van der Waals surface area contributed by atoms with Crippen molar-refractivity contribution < 1.29 is 9.47 Å². The van der Waals surface area contributed by atoms with E-state index in [2.05, 4.69) is 16.5 Å². The minimum atomic E-state index is 0.529. The minimum absolute atomic E-state index is 0.529. The fraction of sp³-hybridized carbons (Fsp3) is 0.333. The Morgan fingerprint density at radius 1 is 1.33 bits per heavy atom. The molecular weight excluding hydrogens is 268 g/mol. The first-order chi connectivity index (χ1) is 10.1. The third kappa shape index (κ3) is 2.92. The molecule has 0 atom stereocenters. The molecule has 0 aliphatic rings. The van der Waals surface area contributed by atoms with Gasteiger partial charge in [-0.3, -0.25) is 4.68 Å². The summed E-state index contributed by atoms with van der Waals surface area (Å²) in [5.74, 6) is 2.18. The molecule has 0 radical (unpaired) electrons. The molecule has 0 saturated heterocycles. The lowest BCUT2D eigenvalue weighted by Crippen LogP contribution is -2.07. The van der Waals surface area contributed by atoms with Crippen LogP contribution in [0.4, 0.5) is 5.82 Å². The summed E-state index contributed by atoms with van der Waals surface area (Å²) < 4.78 is 12.2. The molecule has 0 bridgehead atoms. The lowest BCUT2D eigenvalue weighted by molar-refractivity contribution is 0.391. The first kappa shape index (κ1) is 14.7. The van der Waals surface area contributed by atoms with Crippen LogP contribution in [-0.4, -0.2) is 24.0 Å². The zero-order valence-corrected chi connectivity index (χ0v) is 12.6. The second kappa shape index (κ2) is 6.18. The second-order valence-electron chi connectivity index (χ2n) is 4.58. The summed E-state index contributed by atoms with van der Waals surface area (Å²) in [5, 5.41) is 16.7. The minimum Gasteiger partial charge on any atom is -0.497 e. The predicted octanol–water partition coefficient (Wildman–Crippen LogP) is 2.23. The van der Waals surface area contributed by atoms with E-state index in [0.717, 1.165) is 17.1 Å². The Bertz CT molecular complexity index is 686. The Morgan fingerprint density at radius 3 is 2.71 bits per heavy atom. The van der Waals surface area contributed by atoms with Crippen LogP contribution in [0.1, 0.15) is 16.8 Å². The van der Waals surface area contributed by atoms with E-state index in [4.69, 9.17) is 9.47 Å². The number of anilines is 1. The molecule has 0 aliphatic carbocycles. The zero-order chi connectivity index (χ0) is 15.4. The number of methoxy groups -OCH3 is 2. The quantitative estimate of drug-likeness (QED) is 0.912. The molecule has 0 amide bonds. The summed E-state index contributed by atoms with van der Waals surface area (Å²) in [7, 11) is 5.04. The fourth-order valence-electron chi connectivity index (χ4n) is 2.17. The number of nitrogens with zero attached hydrogens (tertiary/aromatic N) is 3. The van der Waals surface area contributed by atoms with E-state index in [-0.39, 0.29) is 0 Å². The monoisotopic (exact) mass is 286 g/mol. The zero-order valence-electron chi connectivity index (χ0n) is 12.6. The fourth-order valence-corrected chi connectivity index (χ4v) is 2.17. The second-order valence-corrected chi connectivity index (χ2v) is 4.58. The molecule has 1 aromatic heterocycles. The smallest absolute Gasteiger partial charge is 0.142 e. The van der Waals surface area contributed by atoms with E-state index in [9.17, 15) is 5.26 Å². The molecule has 21 heavy (non-hydrogen) atoms. The van der Waals surface area contributed by atoms with Gasteiger partial charge in [-0.25, -0.2) is 0 Å². The van der Waals surface area contributed by atoms with Gasteiger partial charge >= 0.3 is 0 Å². The number of benzene rings is 1. The van der Waals surface area contributed by atoms with Gasteiger partial charge in [0.25, 0.3) is 0 Å². The van der Waals surface area contributed by atoms with Gasteiger partial charge in [-0.05, 0) is 19.1 Å². The maximum atomic E-state index is 9.19. The number of ether oxygens (including phenoxy) is 2. The normalized spacial score (nSPS) is 10.0. The molecule has 0 unspecified atom stereocenters. The molecule has 6 heteroatoms. The summed E-state index contributed by atoms with van der Waals surface area (Å²) in [4.78, 5) is 0. The van der Waals surface area contributed by atoms with Gasteiger partial charge in [0.2, 0.25) is 0 Å². The highest BCUT2D eigenvalue weighted by Crippen LogP contribution is 2.26. The molecule has 2 aromatic rings. The van der Waals surface area contributed by atoms with Gasteiger partial charge in [0.05, 0.1) is 19.9 Å². The molecular formula is C15H18N4O2. The van der Waals surface area contributed by atoms with Crippen LogP contribution in [0, 0.1) is 18.3 Å². The summed E-state index contributed by atoms with van der Waals surface area (Å²) in [5.41, 5.74) is 2.25. The number of hydrogen-bond acceptors (Lipinski definition) is 5. The Labute approximate surface area is 123 Å². The lowest BCUT2D eigenvalue weighted by atomic mass is 10.2. The van der Waals surface area contributed by atoms with Crippen LogP contribution in [0.2, 0.25) is 0 Å². The van der Waals surface area contributed by atoms with Gasteiger partial charge in [-0.2, -0.15) is 10.4 Å². The van der Waals surface area contributed by atoms with Gasteiger partial charge in [-0.1, -0.05) is 0 Å². The Morgan fingerprint density at radius 2 is 2.10 bits per heavy atom. The summed E-state index contributed by atoms with van der Waals surface area (Å²) in [6.07, 6.45) is 0. The number of hydrogen-bond donors (Lipinski definition) is 1. The van der Waals surface area contributed by atoms with Crippen molar-refractivity contribution in [1.82, 2.24) is 9.78 Å². The molecule has 0 spiro atoms. The van der Waals surface area contributed by atoms with E-state index in [1.807, 2.05) is 25.1 Å². The first-order valence-corrected chi connectivity index (χ1v) is 6.49. The maximum absolute atomic E-state index is 9.19.